The van der Waals surface area contributed by atoms with Crippen molar-refractivity contribution < 1.29 is 4.39 Å². The van der Waals surface area contributed by atoms with Gasteiger partial charge >= 0.3 is 0 Å². The summed E-state index contributed by atoms with van der Waals surface area (Å²) in [5.74, 6) is -0.128. The quantitative estimate of drug-likeness (QED) is 0.723. The summed E-state index contributed by atoms with van der Waals surface area (Å²) >= 11 is 0. The number of aryl methyl sites for hydroxylation is 1. The fourth-order valence-corrected chi connectivity index (χ4v) is 7.32. The van der Waals surface area contributed by atoms with E-state index in [1.807, 2.05) is 6.07 Å². The molecule has 1 aromatic carbocycles. The van der Waals surface area contributed by atoms with E-state index in [1.165, 1.54) is 29.0 Å². The minimum atomic E-state index is -1.45. The van der Waals surface area contributed by atoms with Crippen molar-refractivity contribution in [2.45, 2.75) is 58.7 Å². The molecular formula is C17H26FNSi. The second kappa shape index (κ2) is 6.13. The molecule has 1 heterocycles. The molecule has 0 atom stereocenters. The number of rotatable bonds is 6. The molecule has 1 N–H and O–H groups in total. The lowest BCUT2D eigenvalue weighted by Gasteiger charge is -2.28. The third-order valence-electron chi connectivity index (χ3n) is 4.93. The molecule has 0 aliphatic rings. The van der Waals surface area contributed by atoms with Gasteiger partial charge in [-0.1, -0.05) is 52.2 Å². The topological polar surface area (TPSA) is 15.8 Å². The van der Waals surface area contributed by atoms with Crippen LogP contribution in [0.15, 0.2) is 18.2 Å². The Morgan fingerprint density at radius 2 is 1.70 bits per heavy atom. The molecule has 0 radical (unpaired) electrons. The van der Waals surface area contributed by atoms with Crippen LogP contribution in [0.25, 0.3) is 10.9 Å². The summed E-state index contributed by atoms with van der Waals surface area (Å²) in [5, 5.41) is 2.58. The van der Waals surface area contributed by atoms with Crippen molar-refractivity contribution in [2.24, 2.45) is 0 Å². The molecule has 0 bridgehead atoms. The van der Waals surface area contributed by atoms with Gasteiger partial charge in [0.2, 0.25) is 0 Å². The third kappa shape index (κ3) is 2.44. The lowest BCUT2D eigenvalue weighted by atomic mass is 10.1. The first kappa shape index (κ1) is 15.3. The van der Waals surface area contributed by atoms with Crippen molar-refractivity contribution in [3.8, 4) is 0 Å². The summed E-state index contributed by atoms with van der Waals surface area (Å²) < 4.78 is 13.6. The Morgan fingerprint density at radius 3 is 2.25 bits per heavy atom. The zero-order valence-corrected chi connectivity index (χ0v) is 14.1. The second-order valence-corrected chi connectivity index (χ2v) is 10.9. The van der Waals surface area contributed by atoms with Gasteiger partial charge < -0.3 is 4.98 Å². The number of hydrogen-bond acceptors (Lipinski definition) is 0. The van der Waals surface area contributed by atoms with E-state index in [0.29, 0.717) is 0 Å². The molecule has 20 heavy (non-hydrogen) atoms. The van der Waals surface area contributed by atoms with Crippen molar-refractivity contribution in [3.63, 3.8) is 0 Å². The van der Waals surface area contributed by atoms with Crippen molar-refractivity contribution in [2.75, 3.05) is 0 Å². The number of aromatic nitrogens is 1. The predicted octanol–water partition coefficient (Wildman–Crippen LogP) is 4.98. The van der Waals surface area contributed by atoms with Gasteiger partial charge in [0.25, 0.3) is 0 Å². The molecule has 0 aliphatic carbocycles. The maximum Gasteiger partial charge on any atom is 0.123 e. The van der Waals surface area contributed by atoms with Crippen molar-refractivity contribution in [1.82, 2.24) is 4.98 Å². The number of benzene rings is 1. The van der Waals surface area contributed by atoms with E-state index in [2.05, 4.69) is 32.7 Å². The maximum absolute atomic E-state index is 13.6. The summed E-state index contributed by atoms with van der Waals surface area (Å²) in [5.41, 5.74) is 2.50. The molecule has 0 saturated carbocycles. The average Bonchev–Trinajstić information content (AvgIpc) is 2.81. The van der Waals surface area contributed by atoms with Crippen LogP contribution in [-0.2, 0) is 6.42 Å². The molecule has 2 rings (SSSR count). The van der Waals surface area contributed by atoms with E-state index >= 15 is 0 Å². The minimum absolute atomic E-state index is 0.128. The molecule has 1 nitrogen and oxygen atoms in total. The van der Waals surface area contributed by atoms with Crippen LogP contribution in [0.3, 0.4) is 0 Å². The largest absolute Gasteiger partial charge is 0.362 e. The van der Waals surface area contributed by atoms with Gasteiger partial charge in [0.05, 0.1) is 0 Å². The second-order valence-electron chi connectivity index (χ2n) is 5.76. The Morgan fingerprint density at radius 1 is 1.05 bits per heavy atom. The molecule has 0 spiro atoms. The Balaban J connectivity index is 2.71. The van der Waals surface area contributed by atoms with Crippen molar-refractivity contribution >= 4 is 24.3 Å². The Bertz CT molecular complexity index is 576. The fourth-order valence-electron chi connectivity index (χ4n) is 3.46. The molecule has 3 heteroatoms. The zero-order valence-electron chi connectivity index (χ0n) is 13.1. The van der Waals surface area contributed by atoms with E-state index in [4.69, 9.17) is 0 Å². The zero-order chi connectivity index (χ0) is 14.8. The first-order valence-corrected chi connectivity index (χ1v) is 10.5. The van der Waals surface area contributed by atoms with Gasteiger partial charge in [-0.25, -0.2) is 4.39 Å². The number of H-pyrrole nitrogens is 1. The molecule has 0 unspecified atom stereocenters. The number of aromatic amines is 1. The van der Waals surface area contributed by atoms with E-state index < -0.39 is 8.07 Å². The SMILES string of the molecule is CCCc1c([Si](CC)(CC)CC)[nH]c2ccc(F)cc12. The van der Waals surface area contributed by atoms with E-state index in [0.717, 1.165) is 23.7 Å². The van der Waals surface area contributed by atoms with Gasteiger partial charge in [-0.3, -0.25) is 0 Å². The number of hydrogen-bond donors (Lipinski definition) is 1. The summed E-state index contributed by atoms with van der Waals surface area (Å²) in [4.78, 5) is 3.66. The van der Waals surface area contributed by atoms with Gasteiger partial charge in [-0.05, 0) is 30.2 Å². The fraction of sp³-hybridized carbons (Fsp3) is 0.529. The molecule has 0 fully saturated rings. The van der Waals surface area contributed by atoms with E-state index in [-0.39, 0.29) is 5.82 Å². The maximum atomic E-state index is 13.6. The van der Waals surface area contributed by atoms with Gasteiger partial charge in [0, 0.05) is 16.2 Å². The van der Waals surface area contributed by atoms with Crippen molar-refractivity contribution in [3.05, 3.63) is 29.6 Å². The Hall–Kier alpha value is -1.09. The first-order valence-electron chi connectivity index (χ1n) is 7.92. The predicted molar refractivity (Wildman–Crippen MR) is 89.1 cm³/mol. The Kier molecular flexibility index (Phi) is 4.69. The van der Waals surface area contributed by atoms with Crippen LogP contribution in [0.4, 0.5) is 4.39 Å². The van der Waals surface area contributed by atoms with Crippen LogP contribution in [-0.4, -0.2) is 13.1 Å². The molecule has 1 aromatic heterocycles. The molecule has 0 aliphatic heterocycles. The number of halogens is 1. The standard InChI is InChI=1S/C17H26FNSi/c1-5-9-14-15-12-13(18)10-11-16(15)19-17(14)20(6-2,7-3)8-4/h10-12,19H,5-9H2,1-4H3. The highest BCUT2D eigenvalue weighted by molar-refractivity contribution is 6.91. The monoisotopic (exact) mass is 291 g/mol. The van der Waals surface area contributed by atoms with E-state index in [9.17, 15) is 4.39 Å². The van der Waals surface area contributed by atoms with Crippen LogP contribution in [0.1, 0.15) is 39.7 Å². The third-order valence-corrected chi connectivity index (χ3v) is 10.5. The van der Waals surface area contributed by atoms with Crippen LogP contribution >= 0.6 is 0 Å². The summed E-state index contributed by atoms with van der Waals surface area (Å²) in [7, 11) is -1.45. The number of nitrogens with one attached hydrogen (secondary N) is 1. The van der Waals surface area contributed by atoms with Crippen molar-refractivity contribution in [1.29, 1.82) is 0 Å². The summed E-state index contributed by atoms with van der Waals surface area (Å²) in [6.45, 7) is 9.16. The molecular weight excluding hydrogens is 265 g/mol. The van der Waals surface area contributed by atoms with E-state index in [1.54, 1.807) is 12.1 Å². The molecule has 2 aromatic rings. The molecule has 0 amide bonds. The first-order chi connectivity index (χ1) is 9.61. The van der Waals surface area contributed by atoms with Crippen LogP contribution in [0.5, 0.6) is 0 Å². The summed E-state index contributed by atoms with van der Waals surface area (Å²) in [6.07, 6.45) is 2.16. The molecule has 110 valence electrons. The highest BCUT2D eigenvalue weighted by Gasteiger charge is 2.33. The number of fused-ring (bicyclic) bond motifs is 1. The smallest absolute Gasteiger partial charge is 0.123 e. The van der Waals surface area contributed by atoms with Crippen LogP contribution in [0, 0.1) is 5.82 Å². The lowest BCUT2D eigenvalue weighted by molar-refractivity contribution is 0.629. The minimum Gasteiger partial charge on any atom is -0.362 e. The highest BCUT2D eigenvalue weighted by Crippen LogP contribution is 2.27. The Labute approximate surface area is 122 Å². The molecule has 0 saturated heterocycles. The van der Waals surface area contributed by atoms with Crippen LogP contribution in [0.2, 0.25) is 18.1 Å². The summed E-state index contributed by atoms with van der Waals surface area (Å²) in [6, 6.07) is 8.93. The van der Waals surface area contributed by atoms with Gasteiger partial charge in [-0.15, -0.1) is 0 Å². The normalized spacial score (nSPS) is 12.2. The average molecular weight is 291 g/mol. The van der Waals surface area contributed by atoms with Gasteiger partial charge in [0.15, 0.2) is 0 Å². The highest BCUT2D eigenvalue weighted by atomic mass is 28.3. The van der Waals surface area contributed by atoms with Gasteiger partial charge in [-0.2, -0.15) is 0 Å². The van der Waals surface area contributed by atoms with Crippen LogP contribution < -0.4 is 5.32 Å². The van der Waals surface area contributed by atoms with Gasteiger partial charge in [0.1, 0.15) is 13.9 Å². The lowest BCUT2D eigenvalue weighted by Crippen LogP contribution is -2.48.